The van der Waals surface area contributed by atoms with Gasteiger partial charge < -0.3 is 15.4 Å². The predicted octanol–water partition coefficient (Wildman–Crippen LogP) is 2.13. The summed E-state index contributed by atoms with van der Waals surface area (Å²) in [5.41, 5.74) is 0.558. The molecule has 0 fully saturated rings. The van der Waals surface area contributed by atoms with Crippen molar-refractivity contribution in [3.05, 3.63) is 70.1 Å². The minimum Gasteiger partial charge on any atom is -0.451 e. The highest BCUT2D eigenvalue weighted by Gasteiger charge is 2.20. The number of esters is 1. The van der Waals surface area contributed by atoms with E-state index < -0.39 is 18.5 Å². The van der Waals surface area contributed by atoms with E-state index in [9.17, 15) is 19.2 Å². The molecule has 9 nitrogen and oxygen atoms in total. The van der Waals surface area contributed by atoms with Crippen molar-refractivity contribution in [2.75, 3.05) is 19.0 Å². The molecule has 0 spiro atoms. The first-order chi connectivity index (χ1) is 14.8. The Kier molecular flexibility index (Phi) is 6.44. The zero-order valence-corrected chi connectivity index (χ0v) is 17.3. The Balaban J connectivity index is 1.73. The SMILES string of the molecule is CNC(=O)c1ccc(NC(=O)COC(=O)c2nn(C(C)C)c(=O)c3ccccc23)cc1. The van der Waals surface area contributed by atoms with Crippen LogP contribution in [0.3, 0.4) is 0 Å². The van der Waals surface area contributed by atoms with Crippen LogP contribution in [0.1, 0.15) is 40.7 Å². The number of nitrogens with zero attached hydrogens (tertiary/aromatic N) is 2. The lowest BCUT2D eigenvalue weighted by Crippen LogP contribution is -2.28. The molecule has 2 amide bonds. The molecule has 9 heteroatoms. The van der Waals surface area contributed by atoms with E-state index in [1.54, 1.807) is 62.4 Å². The first-order valence-electron chi connectivity index (χ1n) is 9.62. The number of nitrogens with one attached hydrogen (secondary N) is 2. The zero-order valence-electron chi connectivity index (χ0n) is 17.3. The maximum absolute atomic E-state index is 12.6. The lowest BCUT2D eigenvalue weighted by atomic mass is 10.1. The normalized spacial score (nSPS) is 10.7. The second-order valence-electron chi connectivity index (χ2n) is 7.02. The monoisotopic (exact) mass is 422 g/mol. The fourth-order valence-corrected chi connectivity index (χ4v) is 2.95. The number of benzene rings is 2. The fraction of sp³-hybridized carbons (Fsp3) is 0.227. The molecular weight excluding hydrogens is 400 g/mol. The first-order valence-corrected chi connectivity index (χ1v) is 9.62. The van der Waals surface area contributed by atoms with Crippen molar-refractivity contribution in [1.82, 2.24) is 15.1 Å². The van der Waals surface area contributed by atoms with Crippen LogP contribution < -0.4 is 16.2 Å². The van der Waals surface area contributed by atoms with Crippen LogP contribution in [0.4, 0.5) is 5.69 Å². The summed E-state index contributed by atoms with van der Waals surface area (Å²) in [5.74, 6) is -1.60. The average Bonchev–Trinajstić information content (AvgIpc) is 2.77. The van der Waals surface area contributed by atoms with Gasteiger partial charge in [0.05, 0.1) is 11.4 Å². The van der Waals surface area contributed by atoms with Gasteiger partial charge in [0.2, 0.25) is 0 Å². The Bertz CT molecular complexity index is 1200. The van der Waals surface area contributed by atoms with Crippen molar-refractivity contribution >= 4 is 34.2 Å². The van der Waals surface area contributed by atoms with Gasteiger partial charge in [0.1, 0.15) is 0 Å². The number of hydrogen-bond acceptors (Lipinski definition) is 6. The second kappa shape index (κ2) is 9.21. The molecule has 0 aliphatic heterocycles. The second-order valence-corrected chi connectivity index (χ2v) is 7.02. The van der Waals surface area contributed by atoms with Gasteiger partial charge in [-0.15, -0.1) is 0 Å². The molecule has 160 valence electrons. The van der Waals surface area contributed by atoms with Gasteiger partial charge in [0.15, 0.2) is 12.3 Å². The molecular formula is C22H22N4O5. The number of carbonyl (C=O) groups excluding carboxylic acids is 3. The summed E-state index contributed by atoms with van der Waals surface area (Å²) in [6.45, 7) is 3.02. The molecule has 0 aliphatic rings. The lowest BCUT2D eigenvalue weighted by Gasteiger charge is -2.13. The molecule has 0 saturated carbocycles. The van der Waals surface area contributed by atoms with Gasteiger partial charge in [-0.2, -0.15) is 5.10 Å². The number of ether oxygens (including phenoxy) is 1. The van der Waals surface area contributed by atoms with Crippen molar-refractivity contribution in [3.8, 4) is 0 Å². The van der Waals surface area contributed by atoms with Gasteiger partial charge in [-0.25, -0.2) is 9.48 Å². The molecule has 0 radical (unpaired) electrons. The molecule has 0 atom stereocenters. The van der Waals surface area contributed by atoms with Crippen LogP contribution in [0.2, 0.25) is 0 Å². The highest BCUT2D eigenvalue weighted by atomic mass is 16.5. The van der Waals surface area contributed by atoms with E-state index in [1.807, 2.05) is 0 Å². The number of anilines is 1. The van der Waals surface area contributed by atoms with Crippen LogP contribution in [-0.4, -0.2) is 41.2 Å². The third kappa shape index (κ3) is 4.77. The highest BCUT2D eigenvalue weighted by molar-refractivity contribution is 6.03. The number of amides is 2. The van der Waals surface area contributed by atoms with E-state index in [4.69, 9.17) is 4.74 Å². The van der Waals surface area contributed by atoms with Gasteiger partial charge in [0.25, 0.3) is 17.4 Å². The van der Waals surface area contributed by atoms with E-state index in [0.29, 0.717) is 22.0 Å². The molecule has 2 N–H and O–H groups in total. The smallest absolute Gasteiger partial charge is 0.359 e. The van der Waals surface area contributed by atoms with Gasteiger partial charge in [-0.3, -0.25) is 14.4 Å². The summed E-state index contributed by atoms with van der Waals surface area (Å²) in [4.78, 5) is 48.9. The first kappa shape index (κ1) is 21.7. The molecule has 2 aromatic carbocycles. The Morgan fingerprint density at radius 3 is 2.29 bits per heavy atom. The summed E-state index contributed by atoms with van der Waals surface area (Å²) < 4.78 is 6.35. The van der Waals surface area contributed by atoms with Gasteiger partial charge in [-0.1, -0.05) is 18.2 Å². The van der Waals surface area contributed by atoms with Crippen LogP contribution >= 0.6 is 0 Å². The molecule has 31 heavy (non-hydrogen) atoms. The number of carbonyl (C=O) groups is 3. The fourth-order valence-electron chi connectivity index (χ4n) is 2.95. The molecule has 3 rings (SSSR count). The summed E-state index contributed by atoms with van der Waals surface area (Å²) >= 11 is 0. The maximum atomic E-state index is 12.6. The van der Waals surface area contributed by atoms with Crippen LogP contribution in [0, 0.1) is 0 Å². The molecule has 1 heterocycles. The number of fused-ring (bicyclic) bond motifs is 1. The largest absolute Gasteiger partial charge is 0.451 e. The van der Waals surface area contributed by atoms with E-state index in [2.05, 4.69) is 15.7 Å². The van der Waals surface area contributed by atoms with Crippen molar-refractivity contribution < 1.29 is 19.1 Å². The van der Waals surface area contributed by atoms with Crippen LogP contribution in [0.5, 0.6) is 0 Å². The molecule has 3 aromatic rings. The summed E-state index contributed by atoms with van der Waals surface area (Å²) in [7, 11) is 1.53. The van der Waals surface area contributed by atoms with Crippen molar-refractivity contribution in [2.24, 2.45) is 0 Å². The van der Waals surface area contributed by atoms with Crippen LogP contribution in [-0.2, 0) is 9.53 Å². The molecule has 0 saturated heterocycles. The predicted molar refractivity (Wildman–Crippen MR) is 115 cm³/mol. The highest BCUT2D eigenvalue weighted by Crippen LogP contribution is 2.16. The quantitative estimate of drug-likeness (QED) is 0.588. The zero-order chi connectivity index (χ0) is 22.5. The average molecular weight is 422 g/mol. The third-order valence-corrected chi connectivity index (χ3v) is 4.50. The summed E-state index contributed by atoms with van der Waals surface area (Å²) in [6, 6.07) is 12.6. The van der Waals surface area contributed by atoms with Gasteiger partial charge in [0, 0.05) is 23.7 Å². The van der Waals surface area contributed by atoms with Crippen LogP contribution in [0.25, 0.3) is 10.8 Å². The Labute approximate surface area is 178 Å². The Hall–Kier alpha value is -4.01. The van der Waals surface area contributed by atoms with Gasteiger partial charge in [-0.05, 0) is 44.2 Å². The Morgan fingerprint density at radius 2 is 1.68 bits per heavy atom. The van der Waals surface area contributed by atoms with Crippen molar-refractivity contribution in [2.45, 2.75) is 19.9 Å². The van der Waals surface area contributed by atoms with E-state index >= 15 is 0 Å². The summed E-state index contributed by atoms with van der Waals surface area (Å²) in [5, 5.41) is 9.95. The number of hydrogen-bond donors (Lipinski definition) is 2. The Morgan fingerprint density at radius 1 is 1.03 bits per heavy atom. The van der Waals surface area contributed by atoms with E-state index in [-0.39, 0.29) is 23.2 Å². The lowest BCUT2D eigenvalue weighted by molar-refractivity contribution is -0.119. The standard InChI is InChI=1S/C22H22N4O5/c1-13(2)26-21(29)17-7-5-4-6-16(17)19(25-26)22(30)31-12-18(27)24-15-10-8-14(9-11-15)20(28)23-3/h4-11,13H,12H2,1-3H3,(H,23,28)(H,24,27). The third-order valence-electron chi connectivity index (χ3n) is 4.50. The van der Waals surface area contributed by atoms with E-state index in [0.717, 1.165) is 0 Å². The topological polar surface area (TPSA) is 119 Å². The minimum absolute atomic E-state index is 0.0355. The molecule has 0 bridgehead atoms. The maximum Gasteiger partial charge on any atom is 0.359 e. The molecule has 1 aromatic heterocycles. The van der Waals surface area contributed by atoms with Gasteiger partial charge >= 0.3 is 5.97 Å². The van der Waals surface area contributed by atoms with Crippen LogP contribution in [0.15, 0.2) is 53.3 Å². The molecule has 0 unspecified atom stereocenters. The molecule has 0 aliphatic carbocycles. The van der Waals surface area contributed by atoms with Crippen molar-refractivity contribution in [3.63, 3.8) is 0 Å². The number of aromatic nitrogens is 2. The minimum atomic E-state index is -0.810. The van der Waals surface area contributed by atoms with Crippen molar-refractivity contribution in [1.29, 1.82) is 0 Å². The summed E-state index contributed by atoms with van der Waals surface area (Å²) in [6.07, 6.45) is 0. The number of rotatable bonds is 6. The van der Waals surface area contributed by atoms with E-state index in [1.165, 1.54) is 11.7 Å².